The number of thioether (sulfide) groups is 1. The second kappa shape index (κ2) is 6.51. The summed E-state index contributed by atoms with van der Waals surface area (Å²) in [4.78, 5) is 8.54. The zero-order valence-electron chi connectivity index (χ0n) is 11.2. The Kier molecular flexibility index (Phi) is 4.48. The fraction of sp³-hybridized carbons (Fsp3) is 0.143. The molecule has 3 aromatic rings. The Labute approximate surface area is 135 Å². The van der Waals surface area contributed by atoms with Crippen LogP contribution in [0.25, 0.3) is 10.7 Å². The lowest BCUT2D eigenvalue weighted by atomic mass is 10.2. The first-order valence-electron chi connectivity index (χ1n) is 6.19. The van der Waals surface area contributed by atoms with Crippen molar-refractivity contribution in [3.63, 3.8) is 0 Å². The SMILES string of the molecule is CSc1ncc(Cl)c(-c2nnc(Cc3ccccc3)s2)n1. The minimum Gasteiger partial charge on any atom is -0.230 e. The number of hydrogen-bond acceptors (Lipinski definition) is 6. The van der Waals surface area contributed by atoms with E-state index in [-0.39, 0.29) is 0 Å². The van der Waals surface area contributed by atoms with Crippen molar-refractivity contribution in [3.8, 4) is 10.7 Å². The zero-order valence-corrected chi connectivity index (χ0v) is 13.5. The highest BCUT2D eigenvalue weighted by Crippen LogP contribution is 2.29. The Balaban J connectivity index is 1.88. The van der Waals surface area contributed by atoms with Crippen molar-refractivity contribution < 1.29 is 0 Å². The van der Waals surface area contributed by atoms with Crippen LogP contribution in [-0.2, 0) is 6.42 Å². The van der Waals surface area contributed by atoms with Gasteiger partial charge in [0, 0.05) is 6.42 Å². The van der Waals surface area contributed by atoms with E-state index in [1.165, 1.54) is 28.7 Å². The molecule has 0 amide bonds. The van der Waals surface area contributed by atoms with E-state index >= 15 is 0 Å². The fourth-order valence-electron chi connectivity index (χ4n) is 1.79. The molecule has 2 aromatic heterocycles. The number of nitrogens with zero attached hydrogens (tertiary/aromatic N) is 4. The van der Waals surface area contributed by atoms with Crippen molar-refractivity contribution in [3.05, 3.63) is 52.1 Å². The number of halogens is 1. The molecule has 106 valence electrons. The van der Waals surface area contributed by atoms with Crippen LogP contribution in [0.15, 0.2) is 41.7 Å². The van der Waals surface area contributed by atoms with Crippen LogP contribution in [0.3, 0.4) is 0 Å². The van der Waals surface area contributed by atoms with Gasteiger partial charge in [-0.2, -0.15) is 0 Å². The van der Waals surface area contributed by atoms with E-state index in [0.717, 1.165) is 16.4 Å². The third-order valence-corrected chi connectivity index (χ3v) is 4.54. The van der Waals surface area contributed by atoms with Crippen LogP contribution in [-0.4, -0.2) is 26.4 Å². The van der Waals surface area contributed by atoms with Gasteiger partial charge in [0.15, 0.2) is 10.2 Å². The molecular weight excluding hydrogens is 324 g/mol. The Morgan fingerprint density at radius 2 is 2.00 bits per heavy atom. The summed E-state index contributed by atoms with van der Waals surface area (Å²) in [6.07, 6.45) is 4.29. The molecule has 0 aliphatic carbocycles. The molecule has 21 heavy (non-hydrogen) atoms. The van der Waals surface area contributed by atoms with Gasteiger partial charge in [0.05, 0.1) is 11.2 Å². The molecule has 7 heteroatoms. The molecule has 0 radical (unpaired) electrons. The minimum atomic E-state index is 0.496. The smallest absolute Gasteiger partial charge is 0.187 e. The summed E-state index contributed by atoms with van der Waals surface area (Å²) in [6.45, 7) is 0. The van der Waals surface area contributed by atoms with Gasteiger partial charge in [0.25, 0.3) is 0 Å². The average molecular weight is 335 g/mol. The van der Waals surface area contributed by atoms with Gasteiger partial charge in [-0.3, -0.25) is 0 Å². The van der Waals surface area contributed by atoms with E-state index in [9.17, 15) is 0 Å². The van der Waals surface area contributed by atoms with E-state index in [0.29, 0.717) is 15.9 Å². The van der Waals surface area contributed by atoms with Crippen LogP contribution in [0, 0.1) is 0 Å². The molecule has 4 nitrogen and oxygen atoms in total. The lowest BCUT2D eigenvalue weighted by molar-refractivity contribution is 0.960. The second-order valence-electron chi connectivity index (χ2n) is 4.22. The maximum absolute atomic E-state index is 6.16. The molecule has 0 N–H and O–H groups in total. The Morgan fingerprint density at radius 3 is 2.76 bits per heavy atom. The average Bonchev–Trinajstić information content (AvgIpc) is 2.97. The predicted molar refractivity (Wildman–Crippen MR) is 87.0 cm³/mol. The third-order valence-electron chi connectivity index (χ3n) is 2.77. The molecule has 3 rings (SSSR count). The summed E-state index contributed by atoms with van der Waals surface area (Å²) in [5.74, 6) is 0. The van der Waals surface area contributed by atoms with Crippen molar-refractivity contribution >= 4 is 34.7 Å². The highest BCUT2D eigenvalue weighted by Gasteiger charge is 2.13. The molecular formula is C14H11ClN4S2. The predicted octanol–water partition coefficient (Wildman–Crippen LogP) is 3.96. The van der Waals surface area contributed by atoms with Gasteiger partial charge < -0.3 is 0 Å². The zero-order chi connectivity index (χ0) is 14.7. The minimum absolute atomic E-state index is 0.496. The summed E-state index contributed by atoms with van der Waals surface area (Å²) in [5, 5.41) is 11.3. The first kappa shape index (κ1) is 14.4. The van der Waals surface area contributed by atoms with Crippen molar-refractivity contribution in [2.75, 3.05) is 6.26 Å². The van der Waals surface area contributed by atoms with Crippen LogP contribution in [0.1, 0.15) is 10.6 Å². The van der Waals surface area contributed by atoms with Gasteiger partial charge in [-0.05, 0) is 11.8 Å². The van der Waals surface area contributed by atoms with E-state index in [4.69, 9.17) is 11.6 Å². The van der Waals surface area contributed by atoms with Crippen LogP contribution >= 0.6 is 34.7 Å². The highest BCUT2D eigenvalue weighted by molar-refractivity contribution is 7.98. The summed E-state index contributed by atoms with van der Waals surface area (Å²) < 4.78 is 0. The number of hydrogen-bond donors (Lipinski definition) is 0. The van der Waals surface area contributed by atoms with E-state index in [1.807, 2.05) is 24.5 Å². The van der Waals surface area contributed by atoms with Crippen LogP contribution in [0.4, 0.5) is 0 Å². The van der Waals surface area contributed by atoms with E-state index in [2.05, 4.69) is 32.3 Å². The number of aromatic nitrogens is 4. The molecule has 0 bridgehead atoms. The molecule has 0 atom stereocenters. The van der Waals surface area contributed by atoms with Gasteiger partial charge in [-0.25, -0.2) is 9.97 Å². The van der Waals surface area contributed by atoms with Crippen molar-refractivity contribution in [1.82, 2.24) is 20.2 Å². The van der Waals surface area contributed by atoms with Crippen molar-refractivity contribution in [1.29, 1.82) is 0 Å². The molecule has 1 aromatic carbocycles. The van der Waals surface area contributed by atoms with Gasteiger partial charge in [0.1, 0.15) is 10.7 Å². The molecule has 0 saturated carbocycles. The molecule has 0 unspecified atom stereocenters. The molecule has 0 saturated heterocycles. The maximum atomic E-state index is 6.16. The Bertz CT molecular complexity index is 746. The van der Waals surface area contributed by atoms with Gasteiger partial charge >= 0.3 is 0 Å². The summed E-state index contributed by atoms with van der Waals surface area (Å²) in [5.41, 5.74) is 1.85. The maximum Gasteiger partial charge on any atom is 0.187 e. The van der Waals surface area contributed by atoms with Crippen molar-refractivity contribution in [2.45, 2.75) is 11.6 Å². The number of benzene rings is 1. The summed E-state index contributed by atoms with van der Waals surface area (Å²) in [7, 11) is 0. The molecule has 0 spiro atoms. The summed E-state index contributed by atoms with van der Waals surface area (Å²) in [6, 6.07) is 10.2. The van der Waals surface area contributed by atoms with Crippen molar-refractivity contribution in [2.24, 2.45) is 0 Å². The third kappa shape index (κ3) is 3.40. The monoisotopic (exact) mass is 334 g/mol. The Hall–Kier alpha value is -1.50. The normalized spacial score (nSPS) is 10.8. The van der Waals surface area contributed by atoms with Crippen LogP contribution < -0.4 is 0 Å². The quantitative estimate of drug-likeness (QED) is 0.534. The van der Waals surface area contributed by atoms with E-state index in [1.54, 1.807) is 6.20 Å². The standard InChI is InChI=1S/C14H11ClN4S2/c1-20-14-16-8-10(15)12(17-14)13-19-18-11(21-13)7-9-5-3-2-4-6-9/h2-6,8H,7H2,1H3. The van der Waals surface area contributed by atoms with Crippen LogP contribution in [0.2, 0.25) is 5.02 Å². The second-order valence-corrected chi connectivity index (χ2v) is 6.46. The van der Waals surface area contributed by atoms with Gasteiger partial charge in [-0.1, -0.05) is 65.0 Å². The van der Waals surface area contributed by atoms with Gasteiger partial charge in [0.2, 0.25) is 0 Å². The lowest BCUT2D eigenvalue weighted by Crippen LogP contribution is -1.90. The summed E-state index contributed by atoms with van der Waals surface area (Å²) >= 11 is 9.14. The molecule has 0 aliphatic heterocycles. The largest absolute Gasteiger partial charge is 0.230 e. The molecule has 2 heterocycles. The van der Waals surface area contributed by atoms with Crippen LogP contribution in [0.5, 0.6) is 0 Å². The van der Waals surface area contributed by atoms with Gasteiger partial charge in [-0.15, -0.1) is 10.2 Å². The first-order chi connectivity index (χ1) is 10.3. The molecule has 0 aliphatic rings. The number of rotatable bonds is 4. The Morgan fingerprint density at radius 1 is 1.19 bits per heavy atom. The topological polar surface area (TPSA) is 51.6 Å². The lowest BCUT2D eigenvalue weighted by Gasteiger charge is -2.00. The van der Waals surface area contributed by atoms with E-state index < -0.39 is 0 Å². The molecule has 0 fully saturated rings. The highest BCUT2D eigenvalue weighted by atomic mass is 35.5. The first-order valence-corrected chi connectivity index (χ1v) is 8.61. The fourth-order valence-corrected chi connectivity index (χ4v) is 3.25.